The summed E-state index contributed by atoms with van der Waals surface area (Å²) in [5.74, 6) is 0.761. The summed E-state index contributed by atoms with van der Waals surface area (Å²) in [6, 6.07) is 5.60. The Morgan fingerprint density at radius 2 is 1.89 bits per heavy atom. The number of anilines is 1. The highest BCUT2D eigenvalue weighted by Crippen LogP contribution is 2.31. The minimum absolute atomic E-state index is 0.124. The zero-order valence-corrected chi connectivity index (χ0v) is 20.8. The van der Waals surface area contributed by atoms with Crippen molar-refractivity contribution in [1.29, 1.82) is 0 Å². The second kappa shape index (κ2) is 9.08. The first kappa shape index (κ1) is 24.3. The van der Waals surface area contributed by atoms with Crippen molar-refractivity contribution in [2.45, 2.75) is 45.3 Å². The Kier molecular flexibility index (Phi) is 5.82. The van der Waals surface area contributed by atoms with E-state index >= 15 is 0 Å². The van der Waals surface area contributed by atoms with Crippen LogP contribution < -0.4 is 4.90 Å². The van der Waals surface area contributed by atoms with Crippen molar-refractivity contribution < 1.29 is 22.7 Å². The number of rotatable bonds is 3. The molecule has 10 nitrogen and oxygen atoms in total. The number of hydrogen-bond donors (Lipinski definition) is 0. The predicted octanol–water partition coefficient (Wildman–Crippen LogP) is 3.28. The lowest BCUT2D eigenvalue weighted by Gasteiger charge is -2.44. The highest BCUT2D eigenvalue weighted by Gasteiger charge is 2.36. The van der Waals surface area contributed by atoms with Gasteiger partial charge in [-0.3, -0.25) is 13.9 Å². The number of imidazole rings is 1. The first-order valence-corrected chi connectivity index (χ1v) is 12.3. The van der Waals surface area contributed by atoms with Gasteiger partial charge in [-0.15, -0.1) is 0 Å². The van der Waals surface area contributed by atoms with E-state index in [9.17, 15) is 18.0 Å². The minimum Gasteiger partial charge on any atom is -0.373 e. The molecule has 0 aromatic carbocycles. The summed E-state index contributed by atoms with van der Waals surface area (Å²) < 4.78 is 48.5. The number of fused-ring (bicyclic) bond motifs is 2. The van der Waals surface area contributed by atoms with Gasteiger partial charge in [-0.25, -0.2) is 15.0 Å². The summed E-state index contributed by atoms with van der Waals surface area (Å²) >= 11 is 0. The maximum absolute atomic E-state index is 13.4. The molecule has 13 heteroatoms. The van der Waals surface area contributed by atoms with Crippen LogP contribution in [0.5, 0.6) is 0 Å². The highest BCUT2D eigenvalue weighted by molar-refractivity contribution is 5.93. The lowest BCUT2D eigenvalue weighted by molar-refractivity contribution is -0.137. The van der Waals surface area contributed by atoms with Crippen molar-refractivity contribution in [2.24, 2.45) is 0 Å². The molecule has 1 saturated heterocycles. The van der Waals surface area contributed by atoms with Crippen LogP contribution in [0.4, 0.5) is 19.0 Å². The number of amides is 1. The van der Waals surface area contributed by atoms with Gasteiger partial charge in [0.25, 0.3) is 5.91 Å². The molecule has 0 saturated carbocycles. The van der Waals surface area contributed by atoms with Crippen LogP contribution in [0.15, 0.2) is 42.9 Å². The largest absolute Gasteiger partial charge is 0.417 e. The number of piperazine rings is 1. The standard InChI is InChI=1S/C25H25F3N8O2/c1-15-11-33(12-16(2)36(15)24(37)19-9-18-14-38-8-7-35(18)32-19)22-5-6-29-23(31-22)20-10-30-21-4-3-17(13-34(20)21)25(26,27)28/h3-6,9-10,13,15-16H,7-8,11-12,14H2,1-2H3/t15-,16+. The smallest absolute Gasteiger partial charge is 0.373 e. The van der Waals surface area contributed by atoms with Gasteiger partial charge >= 0.3 is 6.18 Å². The number of halogens is 3. The first-order chi connectivity index (χ1) is 18.2. The summed E-state index contributed by atoms with van der Waals surface area (Å²) in [6.07, 6.45) is -0.436. The van der Waals surface area contributed by atoms with Gasteiger partial charge in [0.15, 0.2) is 11.5 Å². The van der Waals surface area contributed by atoms with Gasteiger partial charge in [0.1, 0.15) is 17.2 Å². The molecule has 198 valence electrons. The van der Waals surface area contributed by atoms with Crippen molar-refractivity contribution in [1.82, 2.24) is 34.0 Å². The van der Waals surface area contributed by atoms with E-state index in [1.165, 1.54) is 16.7 Å². The Labute approximate surface area is 215 Å². The van der Waals surface area contributed by atoms with Crippen molar-refractivity contribution in [3.05, 3.63) is 59.8 Å². The molecule has 0 bridgehead atoms. The van der Waals surface area contributed by atoms with Crippen molar-refractivity contribution in [3.63, 3.8) is 0 Å². The van der Waals surface area contributed by atoms with Gasteiger partial charge in [-0.1, -0.05) is 0 Å². The van der Waals surface area contributed by atoms with Crippen molar-refractivity contribution in [3.8, 4) is 11.5 Å². The Bertz CT molecular complexity index is 1480. The number of pyridine rings is 1. The second-order valence-corrected chi connectivity index (χ2v) is 9.64. The van der Waals surface area contributed by atoms with E-state index in [1.807, 2.05) is 23.4 Å². The fourth-order valence-electron chi connectivity index (χ4n) is 5.20. The van der Waals surface area contributed by atoms with Crippen LogP contribution in [0.1, 0.15) is 35.6 Å². The third kappa shape index (κ3) is 4.26. The molecule has 0 unspecified atom stereocenters. The molecule has 0 spiro atoms. The van der Waals surface area contributed by atoms with E-state index in [0.29, 0.717) is 55.7 Å². The van der Waals surface area contributed by atoms with Crippen LogP contribution in [0.3, 0.4) is 0 Å². The van der Waals surface area contributed by atoms with E-state index < -0.39 is 11.7 Å². The Morgan fingerprint density at radius 1 is 1.11 bits per heavy atom. The quantitative estimate of drug-likeness (QED) is 0.405. The van der Waals surface area contributed by atoms with E-state index in [0.717, 1.165) is 18.0 Å². The first-order valence-electron chi connectivity index (χ1n) is 12.3. The van der Waals surface area contributed by atoms with Crippen LogP contribution in [-0.4, -0.2) is 71.7 Å². The fourth-order valence-corrected chi connectivity index (χ4v) is 5.20. The van der Waals surface area contributed by atoms with Crippen LogP contribution >= 0.6 is 0 Å². The number of carbonyl (C=O) groups is 1. The van der Waals surface area contributed by atoms with E-state index in [1.54, 1.807) is 18.3 Å². The van der Waals surface area contributed by atoms with Crippen molar-refractivity contribution >= 4 is 17.4 Å². The van der Waals surface area contributed by atoms with Crippen LogP contribution in [0, 0.1) is 0 Å². The van der Waals surface area contributed by atoms with E-state index in [2.05, 4.69) is 25.0 Å². The molecule has 0 aliphatic carbocycles. The van der Waals surface area contributed by atoms with Gasteiger partial charge in [0.2, 0.25) is 0 Å². The highest BCUT2D eigenvalue weighted by atomic mass is 19.4. The van der Waals surface area contributed by atoms with Crippen LogP contribution in [0.25, 0.3) is 17.2 Å². The fraction of sp³-hybridized carbons (Fsp3) is 0.400. The third-order valence-electron chi connectivity index (χ3n) is 6.96. The summed E-state index contributed by atoms with van der Waals surface area (Å²) in [5.41, 5.74) is 1.24. The van der Waals surface area contributed by atoms with Gasteiger partial charge in [0, 0.05) is 37.6 Å². The molecule has 6 heterocycles. The maximum Gasteiger partial charge on any atom is 0.417 e. The zero-order valence-electron chi connectivity index (χ0n) is 20.8. The predicted molar refractivity (Wildman–Crippen MR) is 130 cm³/mol. The molecule has 6 rings (SSSR count). The third-order valence-corrected chi connectivity index (χ3v) is 6.96. The molecule has 2 aliphatic heterocycles. The minimum atomic E-state index is -4.48. The number of carbonyl (C=O) groups excluding carboxylic acids is 1. The average Bonchev–Trinajstić information content (AvgIpc) is 3.52. The van der Waals surface area contributed by atoms with Gasteiger partial charge in [-0.05, 0) is 38.1 Å². The van der Waals surface area contributed by atoms with Crippen molar-refractivity contribution in [2.75, 3.05) is 24.6 Å². The number of ether oxygens (including phenoxy) is 1. The van der Waals surface area contributed by atoms with Crippen LogP contribution in [0.2, 0.25) is 0 Å². The molecule has 38 heavy (non-hydrogen) atoms. The van der Waals surface area contributed by atoms with E-state index in [-0.39, 0.29) is 23.8 Å². The van der Waals surface area contributed by atoms with Gasteiger partial charge in [0.05, 0.1) is 37.2 Å². The Balaban J connectivity index is 1.24. The zero-order chi connectivity index (χ0) is 26.6. The average molecular weight is 527 g/mol. The molecule has 1 fully saturated rings. The van der Waals surface area contributed by atoms with E-state index in [4.69, 9.17) is 4.74 Å². The molecule has 0 N–H and O–H groups in total. The second-order valence-electron chi connectivity index (χ2n) is 9.64. The lowest BCUT2D eigenvalue weighted by atomic mass is 10.1. The monoisotopic (exact) mass is 526 g/mol. The topological polar surface area (TPSA) is 93.7 Å². The van der Waals surface area contributed by atoms with Crippen LogP contribution in [-0.2, 0) is 24.1 Å². The molecular formula is C25H25F3N8O2. The molecule has 2 atom stereocenters. The molecular weight excluding hydrogens is 501 g/mol. The normalized spacial score (nSPS) is 20.1. The number of hydrogen-bond acceptors (Lipinski definition) is 7. The molecule has 0 radical (unpaired) electrons. The maximum atomic E-state index is 13.4. The Hall–Kier alpha value is -4.00. The summed E-state index contributed by atoms with van der Waals surface area (Å²) in [6.45, 7) is 6.65. The number of aromatic nitrogens is 6. The Morgan fingerprint density at radius 3 is 2.63 bits per heavy atom. The lowest BCUT2D eigenvalue weighted by Crippen LogP contribution is -2.59. The number of nitrogens with zero attached hydrogens (tertiary/aromatic N) is 8. The number of alkyl halides is 3. The SMILES string of the molecule is C[C@@H]1CN(c2ccnc(-c3cnc4ccc(C(F)(F)F)cn34)n2)C[C@H](C)N1C(=O)c1cc2n(n1)CCOC2. The molecule has 2 aliphatic rings. The molecule has 1 amide bonds. The summed E-state index contributed by atoms with van der Waals surface area (Å²) in [5, 5.41) is 4.49. The molecule has 4 aromatic heterocycles. The summed E-state index contributed by atoms with van der Waals surface area (Å²) in [7, 11) is 0. The molecule has 4 aromatic rings. The summed E-state index contributed by atoms with van der Waals surface area (Å²) in [4.78, 5) is 30.5. The van der Waals surface area contributed by atoms with Gasteiger partial charge in [-0.2, -0.15) is 18.3 Å². The van der Waals surface area contributed by atoms with Gasteiger partial charge < -0.3 is 14.5 Å².